The molecule has 1 saturated carbocycles. The highest BCUT2D eigenvalue weighted by Gasteiger charge is 2.50. The molecular weight excluding hydrogens is 387 g/mol. The molecule has 2 N–H and O–H groups in total. The third kappa shape index (κ3) is 3.32. The third-order valence-electron chi connectivity index (χ3n) is 4.09. The van der Waals surface area contributed by atoms with Gasteiger partial charge in [-0.05, 0) is 54.2 Å². The molecule has 2 fully saturated rings. The van der Waals surface area contributed by atoms with Crippen molar-refractivity contribution in [2.75, 3.05) is 6.54 Å². The zero-order valence-corrected chi connectivity index (χ0v) is 14.4. The molecule has 1 aliphatic carbocycles. The van der Waals surface area contributed by atoms with Crippen LogP contribution >= 0.6 is 22.6 Å². The van der Waals surface area contributed by atoms with Crippen LogP contribution < -0.4 is 5.32 Å². The molecule has 0 spiro atoms. The van der Waals surface area contributed by atoms with Crippen molar-refractivity contribution < 1.29 is 19.5 Å². The lowest BCUT2D eigenvalue weighted by Crippen LogP contribution is -2.57. The van der Waals surface area contributed by atoms with E-state index in [1.165, 1.54) is 4.90 Å². The number of aliphatic carboxylic acids is 1. The molecule has 0 aromatic carbocycles. The number of carbonyl (C=O) groups is 3. The van der Waals surface area contributed by atoms with E-state index in [9.17, 15) is 19.5 Å². The Morgan fingerprint density at radius 2 is 1.95 bits per heavy atom. The Morgan fingerprint density at radius 3 is 2.43 bits per heavy atom. The predicted molar refractivity (Wildman–Crippen MR) is 84.8 cm³/mol. The summed E-state index contributed by atoms with van der Waals surface area (Å²) in [4.78, 5) is 37.6. The summed E-state index contributed by atoms with van der Waals surface area (Å²) in [5, 5.41) is 12.2. The van der Waals surface area contributed by atoms with Crippen LogP contribution in [0.15, 0.2) is 0 Å². The van der Waals surface area contributed by atoms with Gasteiger partial charge in [0.05, 0.1) is 0 Å². The maximum atomic E-state index is 12.7. The maximum absolute atomic E-state index is 12.7. The van der Waals surface area contributed by atoms with Crippen LogP contribution in [0.3, 0.4) is 0 Å². The highest BCUT2D eigenvalue weighted by Crippen LogP contribution is 2.37. The number of hydrogen-bond acceptors (Lipinski definition) is 3. The van der Waals surface area contributed by atoms with Crippen molar-refractivity contribution in [3.05, 3.63) is 0 Å². The van der Waals surface area contributed by atoms with Gasteiger partial charge in [0.1, 0.15) is 6.04 Å². The molecule has 1 aliphatic heterocycles. The minimum Gasteiger partial charge on any atom is -0.479 e. The molecule has 2 rings (SSSR count). The number of carboxylic acids is 1. The molecule has 0 radical (unpaired) electrons. The number of carboxylic acid groups (broad SMARTS) is 1. The number of hydrogen-bond donors (Lipinski definition) is 2. The lowest BCUT2D eigenvalue weighted by atomic mass is 10.0. The van der Waals surface area contributed by atoms with Crippen LogP contribution in [-0.4, -0.2) is 43.9 Å². The molecule has 6 nitrogen and oxygen atoms in total. The summed E-state index contributed by atoms with van der Waals surface area (Å²) >= 11 is 1.84. The fourth-order valence-electron chi connectivity index (χ4n) is 2.59. The van der Waals surface area contributed by atoms with Crippen LogP contribution in [0.25, 0.3) is 0 Å². The summed E-state index contributed by atoms with van der Waals surface area (Å²) in [6, 6.07) is -0.648. The number of nitrogens with one attached hydrogen (secondary N) is 1. The Kier molecular flexibility index (Phi) is 4.79. The van der Waals surface area contributed by atoms with Gasteiger partial charge in [0, 0.05) is 12.5 Å². The van der Waals surface area contributed by atoms with Gasteiger partial charge in [-0.25, -0.2) is 4.79 Å². The topological polar surface area (TPSA) is 86.7 Å². The average molecular weight is 408 g/mol. The molecule has 7 heteroatoms. The van der Waals surface area contributed by atoms with Crippen molar-refractivity contribution >= 4 is 40.4 Å². The monoisotopic (exact) mass is 408 g/mol. The van der Waals surface area contributed by atoms with Gasteiger partial charge in [0.15, 0.2) is 3.55 Å². The minimum atomic E-state index is -1.19. The number of likely N-dealkylation sites (tertiary alicyclic amines) is 1. The van der Waals surface area contributed by atoms with E-state index >= 15 is 0 Å². The molecule has 1 heterocycles. The smallest absolute Gasteiger partial charge is 0.340 e. The Bertz CT molecular complexity index is 464. The van der Waals surface area contributed by atoms with Gasteiger partial charge in [0.25, 0.3) is 0 Å². The second-order valence-electron chi connectivity index (χ2n) is 6.16. The molecule has 0 aromatic rings. The zero-order valence-electron chi connectivity index (χ0n) is 12.3. The first kappa shape index (κ1) is 16.5. The summed E-state index contributed by atoms with van der Waals surface area (Å²) in [7, 11) is 0. The first-order chi connectivity index (χ1) is 9.77. The zero-order chi connectivity index (χ0) is 15.8. The van der Waals surface area contributed by atoms with E-state index in [2.05, 4.69) is 5.32 Å². The Morgan fingerprint density at radius 1 is 1.33 bits per heavy atom. The number of carbonyl (C=O) groups excluding carboxylic acids is 2. The summed E-state index contributed by atoms with van der Waals surface area (Å²) in [6.45, 7) is 4.15. The molecule has 0 bridgehead atoms. The average Bonchev–Trinajstić information content (AvgIpc) is 3.17. The van der Waals surface area contributed by atoms with E-state index in [0.717, 1.165) is 12.8 Å². The Hall–Kier alpha value is -0.860. The van der Waals surface area contributed by atoms with Crippen LogP contribution in [0.2, 0.25) is 0 Å². The molecule has 2 atom stereocenters. The second kappa shape index (κ2) is 6.10. The van der Waals surface area contributed by atoms with E-state index in [4.69, 9.17) is 0 Å². The maximum Gasteiger partial charge on any atom is 0.340 e. The lowest BCUT2D eigenvalue weighted by Gasteiger charge is -2.34. The van der Waals surface area contributed by atoms with E-state index in [1.807, 2.05) is 36.4 Å². The van der Waals surface area contributed by atoms with Crippen molar-refractivity contribution in [2.45, 2.75) is 49.1 Å². The van der Waals surface area contributed by atoms with Gasteiger partial charge in [-0.2, -0.15) is 0 Å². The highest BCUT2D eigenvalue weighted by atomic mass is 127. The first-order valence-corrected chi connectivity index (χ1v) is 8.39. The quantitative estimate of drug-likeness (QED) is 0.409. The van der Waals surface area contributed by atoms with E-state index in [-0.39, 0.29) is 23.7 Å². The van der Waals surface area contributed by atoms with Crippen LogP contribution in [0, 0.1) is 11.8 Å². The van der Waals surface area contributed by atoms with Gasteiger partial charge < -0.3 is 15.3 Å². The van der Waals surface area contributed by atoms with E-state index in [0.29, 0.717) is 19.4 Å². The van der Waals surface area contributed by atoms with Crippen molar-refractivity contribution in [2.24, 2.45) is 11.8 Å². The summed E-state index contributed by atoms with van der Waals surface area (Å²) in [5.41, 5.74) is 0. The molecule has 2 aliphatic rings. The van der Waals surface area contributed by atoms with Gasteiger partial charge in [-0.3, -0.25) is 9.59 Å². The molecule has 2 amide bonds. The highest BCUT2D eigenvalue weighted by molar-refractivity contribution is 14.1. The second-order valence-corrected chi connectivity index (χ2v) is 7.95. The molecule has 21 heavy (non-hydrogen) atoms. The Balaban J connectivity index is 2.13. The van der Waals surface area contributed by atoms with Crippen molar-refractivity contribution in [1.29, 1.82) is 0 Å². The summed E-state index contributed by atoms with van der Waals surface area (Å²) in [6.07, 6.45) is 2.86. The van der Waals surface area contributed by atoms with Gasteiger partial charge >= 0.3 is 5.97 Å². The number of amides is 2. The molecular formula is C14H21IN2O4. The third-order valence-corrected chi connectivity index (χ3v) is 5.67. The minimum absolute atomic E-state index is 0.0291. The van der Waals surface area contributed by atoms with Crippen molar-refractivity contribution in [3.8, 4) is 0 Å². The fourth-order valence-corrected chi connectivity index (χ4v) is 3.45. The fraction of sp³-hybridized carbons (Fsp3) is 0.786. The Labute approximate surface area is 137 Å². The number of rotatable bonds is 5. The van der Waals surface area contributed by atoms with Crippen molar-refractivity contribution in [3.63, 3.8) is 0 Å². The predicted octanol–water partition coefficient (Wildman–Crippen LogP) is 1.38. The van der Waals surface area contributed by atoms with Crippen LogP contribution in [0.1, 0.15) is 39.5 Å². The first-order valence-electron chi connectivity index (χ1n) is 7.31. The van der Waals surface area contributed by atoms with E-state index < -0.39 is 15.6 Å². The van der Waals surface area contributed by atoms with Gasteiger partial charge in [-0.1, -0.05) is 13.8 Å². The molecule has 118 valence electrons. The normalized spacial score (nSPS) is 26.8. The summed E-state index contributed by atoms with van der Waals surface area (Å²) < 4.78 is -1.19. The van der Waals surface area contributed by atoms with Gasteiger partial charge in [0.2, 0.25) is 11.8 Å². The SMILES string of the molecule is CC(C)C(NC(=O)C1CC1)C(=O)N1CCCC1(I)C(=O)O. The van der Waals surface area contributed by atoms with Crippen LogP contribution in [0.5, 0.6) is 0 Å². The standard InChI is InChI=1S/C14H21IN2O4/c1-8(2)10(16-11(18)9-4-5-9)12(19)17-7-3-6-14(17,15)13(20)21/h8-10H,3-7H2,1-2H3,(H,16,18)(H,20,21). The largest absolute Gasteiger partial charge is 0.479 e. The number of alkyl halides is 1. The van der Waals surface area contributed by atoms with Crippen LogP contribution in [-0.2, 0) is 14.4 Å². The number of nitrogens with zero attached hydrogens (tertiary/aromatic N) is 1. The van der Waals surface area contributed by atoms with Crippen molar-refractivity contribution in [1.82, 2.24) is 10.2 Å². The molecule has 0 aromatic heterocycles. The lowest BCUT2D eigenvalue weighted by molar-refractivity contribution is -0.151. The van der Waals surface area contributed by atoms with Gasteiger partial charge in [-0.15, -0.1) is 0 Å². The molecule has 2 unspecified atom stereocenters. The molecule has 1 saturated heterocycles. The number of halogens is 1. The van der Waals surface area contributed by atoms with Crippen LogP contribution in [0.4, 0.5) is 0 Å². The van der Waals surface area contributed by atoms with E-state index in [1.54, 1.807) is 0 Å². The summed E-state index contributed by atoms with van der Waals surface area (Å²) in [5.74, 6) is -1.41.